The Hall–Kier alpha value is -3.14. The van der Waals surface area contributed by atoms with Crippen molar-refractivity contribution in [2.24, 2.45) is 0 Å². The Morgan fingerprint density at radius 1 is 1.35 bits per heavy atom. The van der Waals surface area contributed by atoms with Gasteiger partial charge in [0.05, 0.1) is 16.9 Å². The number of nitrogens with zero attached hydrogens (tertiary/aromatic N) is 6. The number of aromatic nitrogens is 5. The maximum atomic E-state index is 12.3. The zero-order chi connectivity index (χ0) is 18.5. The van der Waals surface area contributed by atoms with Gasteiger partial charge < -0.3 is 4.74 Å². The minimum absolute atomic E-state index is 0.0277. The molecule has 0 saturated carbocycles. The normalized spacial score (nSPS) is 10.5. The summed E-state index contributed by atoms with van der Waals surface area (Å²) >= 11 is 1.34. The number of anilines is 1. The molecule has 2 heterocycles. The molecule has 0 N–H and O–H groups in total. The van der Waals surface area contributed by atoms with Crippen LogP contribution in [0.3, 0.4) is 0 Å². The number of carbonyl (C=O) groups is 2. The van der Waals surface area contributed by atoms with E-state index in [1.165, 1.54) is 29.3 Å². The molecule has 2 aromatic heterocycles. The summed E-state index contributed by atoms with van der Waals surface area (Å²) in [6, 6.07) is 6.79. The number of thiazole rings is 1. The van der Waals surface area contributed by atoms with Crippen LogP contribution in [0.15, 0.2) is 36.0 Å². The molecule has 1 aromatic carbocycles. The molecule has 0 spiro atoms. The summed E-state index contributed by atoms with van der Waals surface area (Å²) in [5, 5.41) is 13.3. The fourth-order valence-electron chi connectivity index (χ4n) is 2.26. The molecule has 0 aliphatic heterocycles. The van der Waals surface area contributed by atoms with Gasteiger partial charge >= 0.3 is 5.97 Å². The van der Waals surface area contributed by atoms with Crippen LogP contribution in [0.1, 0.15) is 29.9 Å². The standard InChI is InChI=1S/C16H16N6O3S/c1-3-21(11(2)23)16-18-13(9-26-16)8-25-15(24)12-5-4-6-14(7-12)22-10-17-19-20-22/h4-7,9-10H,3,8H2,1-2H3. The first kappa shape index (κ1) is 17.7. The zero-order valence-electron chi connectivity index (χ0n) is 14.2. The molecule has 0 atom stereocenters. The van der Waals surface area contributed by atoms with Crippen LogP contribution in [-0.4, -0.2) is 43.6 Å². The van der Waals surface area contributed by atoms with Gasteiger partial charge in [-0.25, -0.2) is 14.5 Å². The fraction of sp³-hybridized carbons (Fsp3) is 0.250. The highest BCUT2D eigenvalue weighted by Crippen LogP contribution is 2.21. The first-order chi connectivity index (χ1) is 12.6. The number of amides is 1. The maximum Gasteiger partial charge on any atom is 0.338 e. The summed E-state index contributed by atoms with van der Waals surface area (Å²) in [6.07, 6.45) is 1.44. The summed E-state index contributed by atoms with van der Waals surface area (Å²) in [6.45, 7) is 3.92. The van der Waals surface area contributed by atoms with Crippen molar-refractivity contribution in [1.82, 2.24) is 25.2 Å². The summed E-state index contributed by atoms with van der Waals surface area (Å²) in [5.41, 5.74) is 1.63. The molecular weight excluding hydrogens is 356 g/mol. The molecule has 0 bridgehead atoms. The highest BCUT2D eigenvalue weighted by atomic mass is 32.1. The number of tetrazole rings is 1. The monoisotopic (exact) mass is 372 g/mol. The second-order valence-electron chi connectivity index (χ2n) is 5.27. The molecule has 0 unspecified atom stereocenters. The summed E-state index contributed by atoms with van der Waals surface area (Å²) in [4.78, 5) is 29.7. The quantitative estimate of drug-likeness (QED) is 0.608. The molecule has 1 amide bonds. The number of hydrogen-bond donors (Lipinski definition) is 0. The van der Waals surface area contributed by atoms with Crippen LogP contribution in [0, 0.1) is 0 Å². The number of hydrogen-bond acceptors (Lipinski definition) is 8. The van der Waals surface area contributed by atoms with Gasteiger partial charge in [0.25, 0.3) is 0 Å². The largest absolute Gasteiger partial charge is 0.456 e. The van der Waals surface area contributed by atoms with E-state index >= 15 is 0 Å². The van der Waals surface area contributed by atoms with E-state index in [1.807, 2.05) is 6.92 Å². The van der Waals surface area contributed by atoms with Crippen molar-refractivity contribution in [2.75, 3.05) is 11.4 Å². The minimum Gasteiger partial charge on any atom is -0.456 e. The predicted octanol–water partition coefficient (Wildman–Crippen LogP) is 1.85. The fourth-order valence-corrected chi connectivity index (χ4v) is 3.17. The minimum atomic E-state index is -0.478. The Labute approximate surface area is 153 Å². The van der Waals surface area contributed by atoms with Crippen molar-refractivity contribution in [2.45, 2.75) is 20.5 Å². The Bertz CT molecular complexity index is 908. The van der Waals surface area contributed by atoms with Crippen molar-refractivity contribution in [3.05, 3.63) is 47.2 Å². The SMILES string of the molecule is CCN(C(C)=O)c1nc(COC(=O)c2cccc(-n3cnnn3)c2)cs1. The number of benzene rings is 1. The number of rotatable bonds is 6. The molecule has 0 saturated heterocycles. The smallest absolute Gasteiger partial charge is 0.338 e. The van der Waals surface area contributed by atoms with Crippen LogP contribution >= 0.6 is 11.3 Å². The lowest BCUT2D eigenvalue weighted by molar-refractivity contribution is -0.116. The first-order valence-electron chi connectivity index (χ1n) is 7.81. The average Bonchev–Trinajstić information content (AvgIpc) is 3.32. The Kier molecular flexibility index (Phi) is 5.32. The molecule has 0 aliphatic rings. The molecule has 0 fully saturated rings. The van der Waals surface area contributed by atoms with Crippen LogP contribution in [0.5, 0.6) is 0 Å². The third-order valence-corrected chi connectivity index (χ3v) is 4.43. The number of esters is 1. The van der Waals surface area contributed by atoms with Crippen LogP contribution < -0.4 is 4.90 Å². The molecular formula is C16H16N6O3S. The molecule has 3 aromatic rings. The molecule has 0 aliphatic carbocycles. The molecule has 26 heavy (non-hydrogen) atoms. The lowest BCUT2D eigenvalue weighted by Crippen LogP contribution is -2.27. The van der Waals surface area contributed by atoms with Crippen LogP contribution in [0.25, 0.3) is 5.69 Å². The highest BCUT2D eigenvalue weighted by Gasteiger charge is 2.15. The van der Waals surface area contributed by atoms with Gasteiger partial charge in [0.1, 0.15) is 12.9 Å². The third kappa shape index (κ3) is 3.91. The van der Waals surface area contributed by atoms with E-state index in [4.69, 9.17) is 4.74 Å². The van der Waals surface area contributed by atoms with Gasteiger partial charge in [-0.3, -0.25) is 9.69 Å². The topological polar surface area (TPSA) is 103 Å². The van der Waals surface area contributed by atoms with Gasteiger partial charge in [-0.2, -0.15) is 0 Å². The van der Waals surface area contributed by atoms with E-state index in [2.05, 4.69) is 20.5 Å². The van der Waals surface area contributed by atoms with Gasteiger partial charge in [-0.15, -0.1) is 16.4 Å². The second-order valence-corrected chi connectivity index (χ2v) is 6.10. The van der Waals surface area contributed by atoms with Gasteiger partial charge in [0.15, 0.2) is 5.13 Å². The predicted molar refractivity (Wildman–Crippen MR) is 94.1 cm³/mol. The summed E-state index contributed by atoms with van der Waals surface area (Å²) < 4.78 is 6.76. The lowest BCUT2D eigenvalue weighted by Gasteiger charge is -2.14. The van der Waals surface area contributed by atoms with Crippen LogP contribution in [0.4, 0.5) is 5.13 Å². The molecule has 3 rings (SSSR count). The second kappa shape index (κ2) is 7.83. The zero-order valence-corrected chi connectivity index (χ0v) is 15.0. The van der Waals surface area contributed by atoms with Crippen molar-refractivity contribution in [1.29, 1.82) is 0 Å². The molecule has 9 nitrogen and oxygen atoms in total. The van der Waals surface area contributed by atoms with Gasteiger partial charge in [-0.1, -0.05) is 6.07 Å². The first-order valence-corrected chi connectivity index (χ1v) is 8.69. The molecule has 10 heteroatoms. The van der Waals surface area contributed by atoms with Crippen molar-refractivity contribution < 1.29 is 14.3 Å². The van der Waals surface area contributed by atoms with E-state index in [0.717, 1.165) is 0 Å². The van der Waals surface area contributed by atoms with Crippen molar-refractivity contribution in [3.8, 4) is 5.69 Å². The van der Waals surface area contributed by atoms with E-state index in [9.17, 15) is 9.59 Å². The summed E-state index contributed by atoms with van der Waals surface area (Å²) in [5.74, 6) is -0.557. The Morgan fingerprint density at radius 3 is 2.88 bits per heavy atom. The molecule has 134 valence electrons. The van der Waals surface area contributed by atoms with Gasteiger partial charge in [0, 0.05) is 18.8 Å². The van der Waals surface area contributed by atoms with E-state index in [0.29, 0.717) is 28.6 Å². The van der Waals surface area contributed by atoms with Crippen molar-refractivity contribution >= 4 is 28.3 Å². The van der Waals surface area contributed by atoms with E-state index < -0.39 is 5.97 Å². The van der Waals surface area contributed by atoms with Crippen LogP contribution in [-0.2, 0) is 16.1 Å². The van der Waals surface area contributed by atoms with E-state index in [-0.39, 0.29) is 12.5 Å². The van der Waals surface area contributed by atoms with Crippen LogP contribution in [0.2, 0.25) is 0 Å². The maximum absolute atomic E-state index is 12.3. The average molecular weight is 372 g/mol. The number of carbonyl (C=O) groups excluding carboxylic acids is 2. The van der Waals surface area contributed by atoms with Crippen molar-refractivity contribution in [3.63, 3.8) is 0 Å². The Balaban J connectivity index is 1.65. The highest BCUT2D eigenvalue weighted by molar-refractivity contribution is 7.14. The lowest BCUT2D eigenvalue weighted by atomic mass is 10.2. The van der Waals surface area contributed by atoms with Gasteiger partial charge in [0.2, 0.25) is 5.91 Å². The van der Waals surface area contributed by atoms with Gasteiger partial charge in [-0.05, 0) is 35.5 Å². The Morgan fingerprint density at radius 2 is 2.19 bits per heavy atom. The number of ether oxygens (including phenoxy) is 1. The third-order valence-electron chi connectivity index (χ3n) is 3.51. The summed E-state index contributed by atoms with van der Waals surface area (Å²) in [7, 11) is 0. The molecule has 0 radical (unpaired) electrons. The van der Waals surface area contributed by atoms with E-state index in [1.54, 1.807) is 34.5 Å².